The maximum absolute atomic E-state index is 13.6. The van der Waals surface area contributed by atoms with Crippen LogP contribution >= 0.6 is 0 Å². The van der Waals surface area contributed by atoms with E-state index in [-0.39, 0.29) is 30.9 Å². The van der Waals surface area contributed by atoms with Crippen molar-refractivity contribution in [3.05, 3.63) is 107 Å². The first-order valence-corrected chi connectivity index (χ1v) is 12.5. The van der Waals surface area contributed by atoms with E-state index < -0.39 is 11.7 Å². The first kappa shape index (κ1) is 27.0. The number of nitrogens with one attached hydrogen (secondary N) is 1. The van der Waals surface area contributed by atoms with Gasteiger partial charge in [0.25, 0.3) is 5.91 Å². The molecule has 3 aromatic carbocycles. The highest BCUT2D eigenvalue weighted by molar-refractivity contribution is 5.96. The molecule has 4 aromatic rings. The van der Waals surface area contributed by atoms with Gasteiger partial charge in [-0.1, -0.05) is 48.5 Å². The van der Waals surface area contributed by atoms with Crippen molar-refractivity contribution in [2.24, 2.45) is 0 Å². The van der Waals surface area contributed by atoms with E-state index in [9.17, 15) is 22.8 Å². The van der Waals surface area contributed by atoms with Crippen LogP contribution in [0.15, 0.2) is 85.1 Å². The monoisotopic (exact) mass is 521 g/mol. The van der Waals surface area contributed by atoms with Crippen molar-refractivity contribution in [2.75, 3.05) is 13.1 Å². The summed E-state index contributed by atoms with van der Waals surface area (Å²) in [5.41, 5.74) is 2.35. The zero-order chi connectivity index (χ0) is 27.3. The summed E-state index contributed by atoms with van der Waals surface area (Å²) in [6.07, 6.45) is -1.98. The second-order valence-electron chi connectivity index (χ2n) is 9.51. The van der Waals surface area contributed by atoms with E-state index in [2.05, 4.69) is 4.98 Å². The molecule has 198 valence electrons. The Bertz CT molecular complexity index is 1380. The summed E-state index contributed by atoms with van der Waals surface area (Å²) in [5.74, 6) is -0.525. The van der Waals surface area contributed by atoms with Gasteiger partial charge in [-0.15, -0.1) is 0 Å². The molecular weight excluding hydrogens is 491 g/mol. The number of amides is 2. The number of fused-ring (bicyclic) bond motifs is 1. The highest BCUT2D eigenvalue weighted by atomic mass is 19.4. The quantitative estimate of drug-likeness (QED) is 0.281. The first-order chi connectivity index (χ1) is 18.1. The van der Waals surface area contributed by atoms with Crippen molar-refractivity contribution >= 4 is 22.7 Å². The molecule has 0 saturated heterocycles. The van der Waals surface area contributed by atoms with Crippen molar-refractivity contribution in [2.45, 2.75) is 39.0 Å². The molecule has 5 nitrogen and oxygen atoms in total. The molecule has 0 aliphatic heterocycles. The average molecular weight is 522 g/mol. The second-order valence-corrected chi connectivity index (χ2v) is 9.51. The molecule has 0 bridgehead atoms. The summed E-state index contributed by atoms with van der Waals surface area (Å²) in [7, 11) is 0. The lowest BCUT2D eigenvalue weighted by atomic mass is 10.1. The number of nitrogens with zero attached hydrogens (tertiary/aromatic N) is 2. The van der Waals surface area contributed by atoms with Crippen LogP contribution in [-0.4, -0.2) is 45.7 Å². The minimum absolute atomic E-state index is 0.130. The van der Waals surface area contributed by atoms with Gasteiger partial charge in [-0.25, -0.2) is 0 Å². The van der Waals surface area contributed by atoms with Crippen molar-refractivity contribution in [3.8, 4) is 0 Å². The number of aromatic nitrogens is 1. The number of rotatable bonds is 9. The molecule has 0 aliphatic carbocycles. The zero-order valence-corrected chi connectivity index (χ0v) is 21.3. The topological polar surface area (TPSA) is 56.4 Å². The fourth-order valence-electron chi connectivity index (χ4n) is 4.39. The average Bonchev–Trinajstić information content (AvgIpc) is 3.32. The SMILES string of the molecule is CC(C)N(CC(=O)N(CCc1c[nH]c2ccccc12)Cc1ccc(C(F)(F)F)cc1)C(=O)c1ccccc1. The summed E-state index contributed by atoms with van der Waals surface area (Å²) in [4.78, 5) is 33.1. The third-order valence-corrected chi connectivity index (χ3v) is 6.54. The van der Waals surface area contributed by atoms with E-state index in [4.69, 9.17) is 0 Å². The van der Waals surface area contributed by atoms with Crippen LogP contribution in [0.2, 0.25) is 0 Å². The number of halogens is 3. The number of aromatic amines is 1. The van der Waals surface area contributed by atoms with E-state index >= 15 is 0 Å². The molecule has 2 amide bonds. The van der Waals surface area contributed by atoms with Gasteiger partial charge in [-0.2, -0.15) is 13.2 Å². The summed E-state index contributed by atoms with van der Waals surface area (Å²) in [6.45, 7) is 4.03. The Morgan fingerprint density at radius 1 is 0.895 bits per heavy atom. The molecule has 1 heterocycles. The largest absolute Gasteiger partial charge is 0.416 e. The van der Waals surface area contributed by atoms with E-state index in [1.165, 1.54) is 17.0 Å². The molecule has 0 aliphatic rings. The molecule has 4 rings (SSSR count). The lowest BCUT2D eigenvalue weighted by molar-refractivity contribution is -0.137. The van der Waals surface area contributed by atoms with Crippen LogP contribution in [0.5, 0.6) is 0 Å². The lowest BCUT2D eigenvalue weighted by Crippen LogP contribution is -2.46. The number of carbonyl (C=O) groups is 2. The van der Waals surface area contributed by atoms with Crippen LogP contribution in [-0.2, 0) is 23.9 Å². The van der Waals surface area contributed by atoms with Crippen LogP contribution in [0.25, 0.3) is 10.9 Å². The molecule has 0 spiro atoms. The fourth-order valence-corrected chi connectivity index (χ4v) is 4.39. The first-order valence-electron chi connectivity index (χ1n) is 12.5. The number of alkyl halides is 3. The highest BCUT2D eigenvalue weighted by Crippen LogP contribution is 2.29. The molecule has 0 radical (unpaired) electrons. The Morgan fingerprint density at radius 3 is 2.21 bits per heavy atom. The van der Waals surface area contributed by atoms with Gasteiger partial charge >= 0.3 is 6.18 Å². The Hall–Kier alpha value is -4.07. The number of hydrogen-bond donors (Lipinski definition) is 1. The van der Waals surface area contributed by atoms with Crippen molar-refractivity contribution in [3.63, 3.8) is 0 Å². The summed E-state index contributed by atoms with van der Waals surface area (Å²) < 4.78 is 39.1. The Balaban J connectivity index is 1.56. The van der Waals surface area contributed by atoms with Crippen LogP contribution in [0, 0.1) is 0 Å². The van der Waals surface area contributed by atoms with Crippen molar-refractivity contribution in [1.29, 1.82) is 0 Å². The number of H-pyrrole nitrogens is 1. The number of hydrogen-bond acceptors (Lipinski definition) is 2. The van der Waals surface area contributed by atoms with E-state index in [1.807, 2.05) is 50.4 Å². The van der Waals surface area contributed by atoms with Crippen molar-refractivity contribution < 1.29 is 22.8 Å². The summed E-state index contributed by atoms with van der Waals surface area (Å²) in [5, 5.41) is 1.05. The summed E-state index contributed by atoms with van der Waals surface area (Å²) in [6, 6.07) is 21.2. The molecule has 8 heteroatoms. The third kappa shape index (κ3) is 6.43. The third-order valence-electron chi connectivity index (χ3n) is 6.54. The predicted molar refractivity (Wildman–Crippen MR) is 141 cm³/mol. The molecular formula is C30H30F3N3O2. The number of carbonyl (C=O) groups excluding carboxylic acids is 2. The van der Waals surface area contributed by atoms with Crippen LogP contribution in [0.3, 0.4) is 0 Å². The predicted octanol–water partition coefficient (Wildman–Crippen LogP) is 6.31. The maximum atomic E-state index is 13.6. The molecule has 0 saturated carbocycles. The highest BCUT2D eigenvalue weighted by Gasteiger charge is 2.30. The molecule has 1 N–H and O–H groups in total. The van der Waals surface area contributed by atoms with E-state index in [0.29, 0.717) is 24.1 Å². The van der Waals surface area contributed by atoms with Gasteiger partial charge in [0, 0.05) is 41.8 Å². The zero-order valence-electron chi connectivity index (χ0n) is 21.3. The van der Waals surface area contributed by atoms with Gasteiger partial charge in [-0.3, -0.25) is 9.59 Å². The molecule has 1 aromatic heterocycles. The van der Waals surface area contributed by atoms with E-state index in [0.717, 1.165) is 28.6 Å². The number of benzene rings is 3. The second kappa shape index (κ2) is 11.5. The fraction of sp³-hybridized carbons (Fsp3) is 0.267. The minimum Gasteiger partial charge on any atom is -0.361 e. The van der Waals surface area contributed by atoms with E-state index in [1.54, 1.807) is 29.2 Å². The van der Waals surface area contributed by atoms with Crippen molar-refractivity contribution in [1.82, 2.24) is 14.8 Å². The Labute approximate surface area is 219 Å². The molecule has 0 unspecified atom stereocenters. The normalized spacial score (nSPS) is 11.6. The standard InChI is InChI=1S/C30H30F3N3O2/c1-21(2)36(29(38)23-8-4-3-5-9-23)20-28(37)35(19-22-12-14-25(15-13-22)30(31,32)33)17-16-24-18-34-27-11-7-6-10-26(24)27/h3-15,18,21,34H,16-17,19-20H2,1-2H3. The Morgan fingerprint density at radius 2 is 1.55 bits per heavy atom. The molecule has 0 atom stereocenters. The Kier molecular flexibility index (Phi) is 8.20. The van der Waals surface area contributed by atoms with Crippen LogP contribution in [0.1, 0.15) is 40.9 Å². The van der Waals surface area contributed by atoms with Gasteiger partial charge in [0.15, 0.2) is 0 Å². The minimum atomic E-state index is -4.43. The van der Waals surface area contributed by atoms with Gasteiger partial charge < -0.3 is 14.8 Å². The number of para-hydroxylation sites is 1. The van der Waals surface area contributed by atoms with Gasteiger partial charge in [0.2, 0.25) is 5.91 Å². The lowest BCUT2D eigenvalue weighted by Gasteiger charge is -2.30. The van der Waals surface area contributed by atoms with Crippen LogP contribution < -0.4 is 0 Å². The van der Waals surface area contributed by atoms with Crippen LogP contribution in [0.4, 0.5) is 13.2 Å². The smallest absolute Gasteiger partial charge is 0.361 e. The molecule has 38 heavy (non-hydrogen) atoms. The van der Waals surface area contributed by atoms with Gasteiger partial charge in [0.1, 0.15) is 6.54 Å². The van der Waals surface area contributed by atoms with Gasteiger partial charge in [-0.05, 0) is 61.7 Å². The van der Waals surface area contributed by atoms with Gasteiger partial charge in [0.05, 0.1) is 5.56 Å². The molecule has 0 fully saturated rings. The maximum Gasteiger partial charge on any atom is 0.416 e. The summed E-state index contributed by atoms with van der Waals surface area (Å²) >= 11 is 0.